The van der Waals surface area contributed by atoms with Crippen LogP contribution in [0.5, 0.6) is 0 Å². The van der Waals surface area contributed by atoms with Gasteiger partial charge in [-0.25, -0.2) is 9.97 Å². The second kappa shape index (κ2) is 8.19. The molecular formula is C23H18N4S2. The normalized spacial score (nSPS) is 14.1. The van der Waals surface area contributed by atoms with Crippen molar-refractivity contribution < 1.29 is 0 Å². The monoisotopic (exact) mass is 414 g/mol. The Balaban J connectivity index is 0.000000319. The minimum absolute atomic E-state index is 0.939. The third-order valence-electron chi connectivity index (χ3n) is 4.43. The first-order valence-corrected chi connectivity index (χ1v) is 11.7. The third kappa shape index (κ3) is 4.55. The van der Waals surface area contributed by atoms with Crippen LogP contribution >= 0.6 is 21.6 Å². The molecule has 0 aromatic carbocycles. The molecule has 0 saturated carbocycles. The number of aromatic amines is 2. The first-order valence-electron chi connectivity index (χ1n) is 9.28. The molecule has 6 heteroatoms. The molecule has 6 heterocycles. The van der Waals surface area contributed by atoms with Crippen LogP contribution in [0.25, 0.3) is 46.4 Å². The number of hydrogen-bond acceptors (Lipinski definition) is 4. The van der Waals surface area contributed by atoms with Gasteiger partial charge in [-0.2, -0.15) is 0 Å². The van der Waals surface area contributed by atoms with Gasteiger partial charge in [0, 0.05) is 27.8 Å². The Kier molecular flexibility index (Phi) is 5.11. The van der Waals surface area contributed by atoms with Gasteiger partial charge in [0.05, 0.1) is 22.8 Å². The summed E-state index contributed by atoms with van der Waals surface area (Å²) in [6.07, 6.45) is 10.3. The Morgan fingerprint density at radius 2 is 1.03 bits per heavy atom. The van der Waals surface area contributed by atoms with Crippen molar-refractivity contribution >= 4 is 68.0 Å². The van der Waals surface area contributed by atoms with Crippen molar-refractivity contribution in [3.8, 4) is 0 Å². The summed E-state index contributed by atoms with van der Waals surface area (Å²) in [5.74, 6) is 1.20. The summed E-state index contributed by atoms with van der Waals surface area (Å²) in [6.45, 7) is 0. The lowest BCUT2D eigenvalue weighted by Gasteiger charge is -1.85. The number of rotatable bonds is 0. The zero-order chi connectivity index (χ0) is 19.5. The van der Waals surface area contributed by atoms with Gasteiger partial charge in [-0.15, -0.1) is 0 Å². The second-order valence-electron chi connectivity index (χ2n) is 6.66. The molecule has 0 aliphatic carbocycles. The molecule has 142 valence electrons. The van der Waals surface area contributed by atoms with Crippen LogP contribution < -0.4 is 0 Å². The molecule has 6 rings (SSSR count). The molecule has 0 fully saturated rings. The van der Waals surface area contributed by atoms with E-state index in [-0.39, 0.29) is 0 Å². The van der Waals surface area contributed by atoms with E-state index < -0.39 is 0 Å². The smallest absolute Gasteiger partial charge is 0.0658 e. The van der Waals surface area contributed by atoms with Gasteiger partial charge in [-0.1, -0.05) is 27.7 Å². The van der Waals surface area contributed by atoms with E-state index in [1.807, 2.05) is 70.2 Å². The molecule has 0 spiro atoms. The van der Waals surface area contributed by atoms with Crippen molar-refractivity contribution in [3.63, 3.8) is 0 Å². The lowest BCUT2D eigenvalue weighted by atomic mass is 10.3. The minimum atomic E-state index is 0.939. The van der Waals surface area contributed by atoms with Gasteiger partial charge in [0.2, 0.25) is 0 Å². The fourth-order valence-electron chi connectivity index (χ4n) is 3.14. The van der Waals surface area contributed by atoms with Gasteiger partial charge in [0.25, 0.3) is 0 Å². The van der Waals surface area contributed by atoms with Gasteiger partial charge in [0.1, 0.15) is 0 Å². The summed E-state index contributed by atoms with van der Waals surface area (Å²) >= 11 is 0. The Morgan fingerprint density at radius 3 is 1.31 bits per heavy atom. The summed E-state index contributed by atoms with van der Waals surface area (Å²) in [5, 5.41) is 2.12. The molecule has 0 unspecified atom stereocenters. The van der Waals surface area contributed by atoms with Crippen molar-refractivity contribution in [1.29, 1.82) is 0 Å². The highest BCUT2D eigenvalue weighted by atomic mass is 33.1. The predicted molar refractivity (Wildman–Crippen MR) is 128 cm³/mol. The van der Waals surface area contributed by atoms with E-state index in [2.05, 4.69) is 55.7 Å². The molecule has 0 atom stereocenters. The van der Waals surface area contributed by atoms with Gasteiger partial charge >= 0.3 is 0 Å². The van der Waals surface area contributed by atoms with Crippen LogP contribution in [0, 0.1) is 0 Å². The van der Waals surface area contributed by atoms with Crippen LogP contribution in [0.15, 0.2) is 60.0 Å². The summed E-state index contributed by atoms with van der Waals surface area (Å²) < 4.78 is 0. The maximum Gasteiger partial charge on any atom is 0.0658 e. The van der Waals surface area contributed by atoms with Crippen LogP contribution in [0.2, 0.25) is 0 Å². The maximum atomic E-state index is 4.63. The van der Waals surface area contributed by atoms with Crippen molar-refractivity contribution in [2.45, 2.75) is 0 Å². The van der Waals surface area contributed by atoms with E-state index in [1.54, 1.807) is 0 Å². The topological polar surface area (TPSA) is 57.4 Å². The Bertz CT molecular complexity index is 1110. The molecule has 0 radical (unpaired) electrons. The largest absolute Gasteiger partial charge is 0.355 e. The van der Waals surface area contributed by atoms with E-state index >= 15 is 0 Å². The van der Waals surface area contributed by atoms with Crippen molar-refractivity contribution in [3.05, 3.63) is 82.8 Å². The second-order valence-corrected chi connectivity index (χ2v) is 8.98. The first kappa shape index (κ1) is 18.1. The molecule has 3 aromatic rings. The highest BCUT2D eigenvalue weighted by Gasteiger charge is 2.01. The third-order valence-corrected chi connectivity index (χ3v) is 6.34. The highest BCUT2D eigenvalue weighted by Crippen LogP contribution is 2.27. The molecular weight excluding hydrogens is 396 g/mol. The van der Waals surface area contributed by atoms with Crippen molar-refractivity contribution in [2.75, 3.05) is 5.75 Å². The van der Waals surface area contributed by atoms with E-state index in [1.165, 1.54) is 5.75 Å². The first-order chi connectivity index (χ1) is 14.3. The molecule has 0 amide bonds. The van der Waals surface area contributed by atoms with Gasteiger partial charge in [-0.05, 0) is 78.2 Å². The Labute approximate surface area is 176 Å². The van der Waals surface area contributed by atoms with Gasteiger partial charge in [-0.3, -0.25) is 0 Å². The quantitative estimate of drug-likeness (QED) is 0.282. The predicted octanol–water partition coefficient (Wildman–Crippen LogP) is 6.55. The van der Waals surface area contributed by atoms with E-state index in [0.29, 0.717) is 0 Å². The van der Waals surface area contributed by atoms with Crippen molar-refractivity contribution in [1.82, 2.24) is 19.9 Å². The van der Waals surface area contributed by atoms with Gasteiger partial charge < -0.3 is 9.97 Å². The fourth-order valence-corrected chi connectivity index (χ4v) is 4.71. The Hall–Kier alpha value is -2.96. The van der Waals surface area contributed by atoms with Crippen molar-refractivity contribution in [2.24, 2.45) is 0 Å². The lowest BCUT2D eigenvalue weighted by Crippen LogP contribution is -1.75. The highest BCUT2D eigenvalue weighted by molar-refractivity contribution is 8.78. The van der Waals surface area contributed by atoms with Crippen LogP contribution in [-0.4, -0.2) is 25.7 Å². The number of nitrogens with one attached hydrogen (secondary N) is 2. The SMILES string of the molecule is C1=CSSC1.C1=Cc2cc3ccc(cc4nc(cc5ccc(cc1n2)[nH]5)C=C4)[nH]3. The molecule has 4 nitrogen and oxygen atoms in total. The maximum absolute atomic E-state index is 4.63. The molecule has 8 bridgehead atoms. The molecule has 2 N–H and O–H groups in total. The number of fused-ring (bicyclic) bond motifs is 8. The molecule has 3 aliphatic heterocycles. The zero-order valence-electron chi connectivity index (χ0n) is 15.5. The number of nitrogens with zero attached hydrogens (tertiary/aromatic N) is 2. The lowest BCUT2D eigenvalue weighted by molar-refractivity contribution is 1.31. The molecule has 29 heavy (non-hydrogen) atoms. The van der Waals surface area contributed by atoms with Crippen LogP contribution in [0.4, 0.5) is 0 Å². The fraction of sp³-hybridized carbons (Fsp3) is 0.0435. The minimum Gasteiger partial charge on any atom is -0.355 e. The average Bonchev–Trinajstić information content (AvgIpc) is 3.50. The van der Waals surface area contributed by atoms with E-state index in [9.17, 15) is 0 Å². The van der Waals surface area contributed by atoms with E-state index in [0.717, 1.165) is 44.8 Å². The van der Waals surface area contributed by atoms with E-state index in [4.69, 9.17) is 0 Å². The summed E-state index contributed by atoms with van der Waals surface area (Å²) in [4.78, 5) is 16.0. The average molecular weight is 415 g/mol. The number of H-pyrrole nitrogens is 2. The van der Waals surface area contributed by atoms with Gasteiger partial charge in [0.15, 0.2) is 0 Å². The molecule has 3 aromatic heterocycles. The summed E-state index contributed by atoms with van der Waals surface area (Å²) in [6, 6.07) is 16.4. The standard InChI is InChI=1S/C20H14N4.C3H4S2/c1-2-14-10-16-5-6-18(23-16)12-20-8-7-19(24-20)11-17-4-3-15(22-17)9-13(1)21-14;1-2-4-5-3-1/h1-12,21,24H;1-2H,3H2. The number of hydrogen-bond donors (Lipinski definition) is 2. The summed E-state index contributed by atoms with van der Waals surface area (Å²) in [5.41, 5.74) is 7.86. The van der Waals surface area contributed by atoms with Crippen LogP contribution in [-0.2, 0) is 0 Å². The molecule has 0 saturated heterocycles. The zero-order valence-corrected chi connectivity index (χ0v) is 17.1. The van der Waals surface area contributed by atoms with Crippen LogP contribution in [0.3, 0.4) is 0 Å². The molecule has 3 aliphatic rings. The summed E-state index contributed by atoms with van der Waals surface area (Å²) in [7, 11) is 3.69. The van der Waals surface area contributed by atoms with Crippen LogP contribution in [0.1, 0.15) is 22.8 Å². The Morgan fingerprint density at radius 1 is 0.621 bits per heavy atom. The number of aromatic nitrogens is 4.